The Labute approximate surface area is 76.4 Å². The number of nitrogens with zero attached hydrogens (tertiary/aromatic N) is 1. The quantitative estimate of drug-likeness (QED) is 0.617. The van der Waals surface area contributed by atoms with E-state index in [9.17, 15) is 0 Å². The van der Waals surface area contributed by atoms with Crippen LogP contribution in [0.4, 0.5) is 0 Å². The highest BCUT2D eigenvalue weighted by Crippen LogP contribution is 2.01. The molecule has 64 valence electrons. The van der Waals surface area contributed by atoms with Gasteiger partial charge in [0.25, 0.3) is 0 Å². The Kier molecular flexibility index (Phi) is 2.01. The molecule has 0 radical (unpaired) electrons. The van der Waals surface area contributed by atoms with Crippen molar-refractivity contribution in [3.63, 3.8) is 0 Å². The third-order valence-electron chi connectivity index (χ3n) is 2.10. The molecule has 0 spiro atoms. The van der Waals surface area contributed by atoms with Crippen LogP contribution in [0.25, 0.3) is 11.8 Å². The minimum atomic E-state index is 0.449. The SMILES string of the molecule is N#CCC1=c2ccccc2=COC1. The zero-order valence-electron chi connectivity index (χ0n) is 7.16. The van der Waals surface area contributed by atoms with Crippen molar-refractivity contribution in [1.82, 2.24) is 0 Å². The standard InChI is InChI=1S/C11H9NO/c12-6-5-10-8-13-7-9-3-1-2-4-11(9)10/h1-4,7H,5,8H2. The maximum Gasteiger partial charge on any atom is 0.110 e. The second-order valence-corrected chi connectivity index (χ2v) is 2.95. The molecule has 0 unspecified atom stereocenters. The number of hydrogen-bond donors (Lipinski definition) is 0. The van der Waals surface area contributed by atoms with Gasteiger partial charge in [-0.1, -0.05) is 24.3 Å². The minimum Gasteiger partial charge on any atom is -0.496 e. The first-order valence-electron chi connectivity index (χ1n) is 4.17. The van der Waals surface area contributed by atoms with Crippen LogP contribution < -0.4 is 10.4 Å². The maximum absolute atomic E-state index is 8.61. The smallest absolute Gasteiger partial charge is 0.110 e. The van der Waals surface area contributed by atoms with Crippen molar-refractivity contribution in [2.24, 2.45) is 0 Å². The van der Waals surface area contributed by atoms with Gasteiger partial charge in [0, 0.05) is 5.22 Å². The van der Waals surface area contributed by atoms with Crippen LogP contribution in [-0.2, 0) is 4.74 Å². The van der Waals surface area contributed by atoms with Crippen LogP contribution in [0, 0.1) is 11.3 Å². The van der Waals surface area contributed by atoms with Crippen molar-refractivity contribution in [2.75, 3.05) is 6.61 Å². The maximum atomic E-state index is 8.61. The van der Waals surface area contributed by atoms with Crippen molar-refractivity contribution in [3.8, 4) is 6.07 Å². The predicted octanol–water partition coefficient (Wildman–Crippen LogP) is 0.519. The third kappa shape index (κ3) is 1.41. The first-order valence-corrected chi connectivity index (χ1v) is 4.17. The van der Waals surface area contributed by atoms with E-state index in [-0.39, 0.29) is 0 Å². The molecule has 0 atom stereocenters. The fraction of sp³-hybridized carbons (Fsp3) is 0.182. The van der Waals surface area contributed by atoms with Crippen LogP contribution in [0.3, 0.4) is 0 Å². The van der Waals surface area contributed by atoms with Gasteiger partial charge in [0.05, 0.1) is 18.8 Å². The molecule has 0 amide bonds. The van der Waals surface area contributed by atoms with Gasteiger partial charge in [-0.3, -0.25) is 0 Å². The molecule has 1 heterocycles. The first-order chi connectivity index (χ1) is 6.42. The lowest BCUT2D eigenvalue weighted by Gasteiger charge is -2.08. The van der Waals surface area contributed by atoms with Crippen molar-refractivity contribution < 1.29 is 4.74 Å². The minimum absolute atomic E-state index is 0.449. The van der Waals surface area contributed by atoms with E-state index in [2.05, 4.69) is 6.07 Å². The molecule has 0 N–H and O–H groups in total. The highest BCUT2D eigenvalue weighted by Gasteiger charge is 2.03. The van der Waals surface area contributed by atoms with E-state index in [1.807, 2.05) is 24.3 Å². The Bertz CT molecular complexity index is 468. The summed E-state index contributed by atoms with van der Waals surface area (Å²) in [6, 6.07) is 10.1. The van der Waals surface area contributed by atoms with Crippen LogP contribution in [-0.4, -0.2) is 6.61 Å². The summed E-state index contributed by atoms with van der Waals surface area (Å²) < 4.78 is 5.25. The van der Waals surface area contributed by atoms with Gasteiger partial charge in [0.1, 0.15) is 6.61 Å². The zero-order chi connectivity index (χ0) is 9.10. The van der Waals surface area contributed by atoms with Crippen LogP contribution in [0.15, 0.2) is 24.3 Å². The number of fused-ring (bicyclic) bond motifs is 1. The summed E-state index contributed by atoms with van der Waals surface area (Å²) in [5.41, 5.74) is 1.07. The fourth-order valence-corrected chi connectivity index (χ4v) is 1.47. The molecule has 2 nitrogen and oxygen atoms in total. The van der Waals surface area contributed by atoms with Crippen LogP contribution in [0.2, 0.25) is 0 Å². The molecular weight excluding hydrogens is 162 g/mol. The van der Waals surface area contributed by atoms with Gasteiger partial charge in [-0.25, -0.2) is 0 Å². The van der Waals surface area contributed by atoms with E-state index in [1.54, 1.807) is 6.26 Å². The Morgan fingerprint density at radius 3 is 3.08 bits per heavy atom. The predicted molar refractivity (Wildman–Crippen MR) is 49.7 cm³/mol. The Morgan fingerprint density at radius 2 is 2.23 bits per heavy atom. The number of hydrogen-bond acceptors (Lipinski definition) is 2. The molecule has 0 saturated carbocycles. The second-order valence-electron chi connectivity index (χ2n) is 2.95. The summed E-state index contributed by atoms with van der Waals surface area (Å²) in [6.07, 6.45) is 2.20. The molecule has 2 rings (SSSR count). The average Bonchev–Trinajstić information content (AvgIpc) is 2.19. The van der Waals surface area contributed by atoms with Gasteiger partial charge in [0.15, 0.2) is 0 Å². The van der Waals surface area contributed by atoms with E-state index in [1.165, 1.54) is 0 Å². The summed E-state index contributed by atoms with van der Waals surface area (Å²) >= 11 is 0. The number of ether oxygens (including phenoxy) is 1. The van der Waals surface area contributed by atoms with Crippen LogP contribution in [0.1, 0.15) is 6.42 Å². The average molecular weight is 171 g/mol. The molecule has 0 bridgehead atoms. The van der Waals surface area contributed by atoms with Crippen LogP contribution >= 0.6 is 0 Å². The fourth-order valence-electron chi connectivity index (χ4n) is 1.47. The highest BCUT2D eigenvalue weighted by molar-refractivity contribution is 5.51. The summed E-state index contributed by atoms with van der Waals surface area (Å²) in [6.45, 7) is 0.546. The topological polar surface area (TPSA) is 33.0 Å². The van der Waals surface area contributed by atoms with Crippen molar-refractivity contribution in [2.45, 2.75) is 6.42 Å². The second kappa shape index (κ2) is 3.32. The summed E-state index contributed by atoms with van der Waals surface area (Å²) in [5.74, 6) is 0. The molecule has 2 heteroatoms. The van der Waals surface area contributed by atoms with Gasteiger partial charge in [-0.15, -0.1) is 0 Å². The molecule has 0 aromatic heterocycles. The van der Waals surface area contributed by atoms with E-state index in [4.69, 9.17) is 10.00 Å². The number of nitriles is 1. The molecule has 0 saturated heterocycles. The van der Waals surface area contributed by atoms with Gasteiger partial charge in [0.2, 0.25) is 0 Å². The molecule has 0 fully saturated rings. The van der Waals surface area contributed by atoms with Crippen LogP contribution in [0.5, 0.6) is 0 Å². The highest BCUT2D eigenvalue weighted by atomic mass is 16.5. The van der Waals surface area contributed by atoms with Gasteiger partial charge < -0.3 is 4.74 Å². The van der Waals surface area contributed by atoms with Crippen molar-refractivity contribution >= 4 is 11.8 Å². The Balaban J connectivity index is 2.70. The lowest BCUT2D eigenvalue weighted by Crippen LogP contribution is -2.31. The lowest BCUT2D eigenvalue weighted by molar-refractivity contribution is 0.338. The van der Waals surface area contributed by atoms with E-state index < -0.39 is 0 Å². The lowest BCUT2D eigenvalue weighted by atomic mass is 10.1. The largest absolute Gasteiger partial charge is 0.496 e. The molecule has 1 aliphatic heterocycles. The summed E-state index contributed by atoms with van der Waals surface area (Å²) in [7, 11) is 0. The van der Waals surface area contributed by atoms with E-state index >= 15 is 0 Å². The molecular formula is C11H9NO. The van der Waals surface area contributed by atoms with E-state index in [0.29, 0.717) is 13.0 Å². The Hall–Kier alpha value is -1.75. The molecule has 13 heavy (non-hydrogen) atoms. The normalized spacial score (nSPS) is 13.6. The van der Waals surface area contributed by atoms with E-state index in [0.717, 1.165) is 16.0 Å². The van der Waals surface area contributed by atoms with Crippen molar-refractivity contribution in [1.29, 1.82) is 5.26 Å². The third-order valence-corrected chi connectivity index (χ3v) is 2.10. The number of benzene rings is 1. The summed E-state index contributed by atoms with van der Waals surface area (Å²) in [5, 5.41) is 10.8. The zero-order valence-corrected chi connectivity index (χ0v) is 7.16. The van der Waals surface area contributed by atoms with Crippen molar-refractivity contribution in [3.05, 3.63) is 34.7 Å². The molecule has 1 aromatic carbocycles. The summed E-state index contributed by atoms with van der Waals surface area (Å²) in [4.78, 5) is 0. The van der Waals surface area contributed by atoms with Gasteiger partial charge in [-0.2, -0.15) is 5.26 Å². The molecule has 0 aliphatic carbocycles. The monoisotopic (exact) mass is 171 g/mol. The Morgan fingerprint density at radius 1 is 1.38 bits per heavy atom. The van der Waals surface area contributed by atoms with Gasteiger partial charge >= 0.3 is 0 Å². The molecule has 1 aromatic rings. The van der Waals surface area contributed by atoms with Gasteiger partial charge in [-0.05, 0) is 10.8 Å². The first kappa shape index (κ1) is 7.88. The number of rotatable bonds is 1. The molecule has 1 aliphatic rings.